The Morgan fingerprint density at radius 2 is 2.08 bits per heavy atom. The summed E-state index contributed by atoms with van der Waals surface area (Å²) in [6.45, 7) is 7.64. The molecular weight excluding hydrogens is 328 g/mol. The van der Waals surface area contributed by atoms with Crippen LogP contribution in [0.4, 0.5) is 10.6 Å². The number of rotatable bonds is 6. The molecule has 0 radical (unpaired) electrons. The Bertz CT molecular complexity index is 726. The number of amides is 2. The lowest BCUT2D eigenvalue weighted by atomic mass is 9.96. The Hall–Kier alpha value is -2.31. The summed E-state index contributed by atoms with van der Waals surface area (Å²) in [4.78, 5) is 16.6. The zero-order valence-electron chi connectivity index (χ0n) is 16.0. The maximum absolute atomic E-state index is 12.4. The molecular formula is C19H30N6O. The molecule has 2 aromatic rings. The Morgan fingerprint density at radius 1 is 1.31 bits per heavy atom. The molecule has 0 aliphatic heterocycles. The van der Waals surface area contributed by atoms with Gasteiger partial charge in [0.2, 0.25) is 0 Å². The van der Waals surface area contributed by atoms with Gasteiger partial charge in [0.15, 0.2) is 0 Å². The van der Waals surface area contributed by atoms with E-state index in [-0.39, 0.29) is 6.03 Å². The maximum atomic E-state index is 12.4. The molecule has 0 unspecified atom stereocenters. The molecule has 0 spiro atoms. The minimum atomic E-state index is -0.209. The van der Waals surface area contributed by atoms with Gasteiger partial charge in [0.1, 0.15) is 5.82 Å². The van der Waals surface area contributed by atoms with Crippen molar-refractivity contribution in [2.24, 2.45) is 5.92 Å². The minimum Gasteiger partial charge on any atom is -0.333 e. The molecule has 26 heavy (non-hydrogen) atoms. The van der Waals surface area contributed by atoms with E-state index in [2.05, 4.69) is 39.1 Å². The van der Waals surface area contributed by atoms with Crippen molar-refractivity contribution in [2.45, 2.75) is 72.0 Å². The van der Waals surface area contributed by atoms with Crippen LogP contribution in [-0.4, -0.2) is 25.4 Å². The fourth-order valence-corrected chi connectivity index (χ4v) is 3.60. The monoisotopic (exact) mass is 358 g/mol. The third-order valence-corrected chi connectivity index (χ3v) is 4.81. The van der Waals surface area contributed by atoms with Gasteiger partial charge >= 0.3 is 6.03 Å². The van der Waals surface area contributed by atoms with Gasteiger partial charge in [-0.1, -0.05) is 33.1 Å². The van der Waals surface area contributed by atoms with E-state index in [9.17, 15) is 4.79 Å². The largest absolute Gasteiger partial charge is 0.333 e. The summed E-state index contributed by atoms with van der Waals surface area (Å²) >= 11 is 0. The first-order valence-electron chi connectivity index (χ1n) is 9.63. The van der Waals surface area contributed by atoms with Gasteiger partial charge in [-0.05, 0) is 25.7 Å². The molecule has 2 amide bonds. The molecule has 0 bridgehead atoms. The number of carbonyl (C=O) groups is 1. The molecule has 2 aromatic heterocycles. The second-order valence-corrected chi connectivity index (χ2v) is 7.65. The summed E-state index contributed by atoms with van der Waals surface area (Å²) in [7, 11) is 0. The minimum absolute atomic E-state index is 0.209. The van der Waals surface area contributed by atoms with E-state index in [1.165, 1.54) is 19.3 Å². The quantitative estimate of drug-likeness (QED) is 0.823. The maximum Gasteiger partial charge on any atom is 0.320 e. The van der Waals surface area contributed by atoms with Gasteiger partial charge < -0.3 is 9.88 Å². The SMILES string of the molecule is Cc1cc(NC(=O)NCc2cncn2CC(C)C)n(C2CCCCC2)n1. The molecule has 0 aromatic carbocycles. The van der Waals surface area contributed by atoms with Gasteiger partial charge in [0, 0.05) is 18.8 Å². The predicted molar refractivity (Wildman–Crippen MR) is 102 cm³/mol. The number of hydrogen-bond donors (Lipinski definition) is 2. The fraction of sp³-hybridized carbons (Fsp3) is 0.632. The van der Waals surface area contributed by atoms with Crippen LogP contribution >= 0.6 is 0 Å². The predicted octanol–water partition coefficient (Wildman–Crippen LogP) is 3.87. The van der Waals surface area contributed by atoms with Gasteiger partial charge in [0.25, 0.3) is 0 Å². The van der Waals surface area contributed by atoms with Crippen LogP contribution < -0.4 is 10.6 Å². The zero-order valence-corrected chi connectivity index (χ0v) is 16.0. The van der Waals surface area contributed by atoms with Gasteiger partial charge in [-0.15, -0.1) is 0 Å². The molecule has 0 atom stereocenters. The molecule has 7 nitrogen and oxygen atoms in total. The summed E-state index contributed by atoms with van der Waals surface area (Å²) in [5.74, 6) is 1.31. The molecule has 1 saturated carbocycles. The van der Waals surface area contributed by atoms with Crippen LogP contribution in [0.25, 0.3) is 0 Å². The van der Waals surface area contributed by atoms with Crippen molar-refractivity contribution in [3.8, 4) is 0 Å². The standard InChI is InChI=1S/C19H30N6O/c1-14(2)12-24-13-20-10-17(24)11-21-19(26)22-18-9-15(3)23-25(18)16-7-5-4-6-8-16/h9-10,13-14,16H,4-8,11-12H2,1-3H3,(H2,21,22,26). The molecule has 7 heteroatoms. The first-order chi connectivity index (χ1) is 12.5. The third-order valence-electron chi connectivity index (χ3n) is 4.81. The van der Waals surface area contributed by atoms with E-state index >= 15 is 0 Å². The van der Waals surface area contributed by atoms with E-state index in [0.717, 1.165) is 36.6 Å². The number of urea groups is 1. The summed E-state index contributed by atoms with van der Waals surface area (Å²) in [6.07, 6.45) is 9.64. The van der Waals surface area contributed by atoms with Crippen molar-refractivity contribution in [1.82, 2.24) is 24.6 Å². The van der Waals surface area contributed by atoms with Crippen molar-refractivity contribution in [3.63, 3.8) is 0 Å². The topological polar surface area (TPSA) is 76.8 Å². The normalized spacial score (nSPS) is 15.4. The van der Waals surface area contributed by atoms with Crippen LogP contribution in [0.2, 0.25) is 0 Å². The first kappa shape index (κ1) is 18.5. The lowest BCUT2D eigenvalue weighted by molar-refractivity contribution is 0.251. The van der Waals surface area contributed by atoms with Crippen LogP contribution in [0.3, 0.4) is 0 Å². The molecule has 2 N–H and O–H groups in total. The summed E-state index contributed by atoms with van der Waals surface area (Å²) in [5, 5.41) is 10.5. The average Bonchev–Trinajstić information content (AvgIpc) is 3.19. The lowest BCUT2D eigenvalue weighted by Gasteiger charge is -2.24. The van der Waals surface area contributed by atoms with E-state index in [4.69, 9.17) is 0 Å². The average molecular weight is 358 g/mol. The van der Waals surface area contributed by atoms with Crippen molar-refractivity contribution in [1.29, 1.82) is 0 Å². The van der Waals surface area contributed by atoms with Crippen molar-refractivity contribution < 1.29 is 4.79 Å². The molecule has 1 fully saturated rings. The van der Waals surface area contributed by atoms with Crippen LogP contribution in [0.15, 0.2) is 18.6 Å². The number of aryl methyl sites for hydroxylation is 1. The van der Waals surface area contributed by atoms with Crippen LogP contribution in [-0.2, 0) is 13.1 Å². The van der Waals surface area contributed by atoms with Gasteiger partial charge in [-0.3, -0.25) is 5.32 Å². The van der Waals surface area contributed by atoms with Gasteiger partial charge in [-0.2, -0.15) is 5.10 Å². The highest BCUT2D eigenvalue weighted by Crippen LogP contribution is 2.30. The highest BCUT2D eigenvalue weighted by Gasteiger charge is 2.20. The third kappa shape index (κ3) is 4.65. The van der Waals surface area contributed by atoms with E-state index in [1.54, 1.807) is 6.20 Å². The summed E-state index contributed by atoms with van der Waals surface area (Å²) in [6, 6.07) is 2.12. The Morgan fingerprint density at radius 3 is 2.81 bits per heavy atom. The van der Waals surface area contributed by atoms with E-state index in [0.29, 0.717) is 18.5 Å². The number of imidazole rings is 1. The van der Waals surface area contributed by atoms with Crippen LogP contribution in [0, 0.1) is 12.8 Å². The zero-order chi connectivity index (χ0) is 18.5. The highest BCUT2D eigenvalue weighted by molar-refractivity contribution is 5.88. The Balaban J connectivity index is 1.59. The number of nitrogens with one attached hydrogen (secondary N) is 2. The molecule has 1 aliphatic carbocycles. The molecule has 1 aliphatic rings. The van der Waals surface area contributed by atoms with E-state index in [1.807, 2.05) is 24.0 Å². The molecule has 142 valence electrons. The molecule has 0 saturated heterocycles. The number of carbonyl (C=O) groups excluding carboxylic acids is 1. The van der Waals surface area contributed by atoms with E-state index < -0.39 is 0 Å². The molecule has 3 rings (SSSR count). The second-order valence-electron chi connectivity index (χ2n) is 7.65. The first-order valence-corrected chi connectivity index (χ1v) is 9.63. The van der Waals surface area contributed by atoms with Crippen molar-refractivity contribution in [2.75, 3.05) is 5.32 Å². The summed E-state index contributed by atoms with van der Waals surface area (Å²) < 4.78 is 4.08. The van der Waals surface area contributed by atoms with Crippen LogP contribution in [0.5, 0.6) is 0 Å². The number of anilines is 1. The van der Waals surface area contributed by atoms with Gasteiger partial charge in [-0.25, -0.2) is 14.5 Å². The number of aromatic nitrogens is 4. The smallest absolute Gasteiger partial charge is 0.320 e. The lowest BCUT2D eigenvalue weighted by Crippen LogP contribution is -2.30. The Kier molecular flexibility index (Phi) is 5.96. The Labute approximate surface area is 155 Å². The van der Waals surface area contributed by atoms with Crippen LogP contribution in [0.1, 0.15) is 63.4 Å². The molecule has 2 heterocycles. The van der Waals surface area contributed by atoms with Gasteiger partial charge in [0.05, 0.1) is 30.3 Å². The van der Waals surface area contributed by atoms with Crippen molar-refractivity contribution >= 4 is 11.8 Å². The highest BCUT2D eigenvalue weighted by atomic mass is 16.2. The fourth-order valence-electron chi connectivity index (χ4n) is 3.60. The van der Waals surface area contributed by atoms with Crippen molar-refractivity contribution in [3.05, 3.63) is 30.0 Å². The second kappa shape index (κ2) is 8.38. The number of hydrogen-bond acceptors (Lipinski definition) is 3. The summed E-state index contributed by atoms with van der Waals surface area (Å²) in [5.41, 5.74) is 1.94. The number of nitrogens with zero attached hydrogens (tertiary/aromatic N) is 4.